The van der Waals surface area contributed by atoms with Crippen LogP contribution >= 0.6 is 11.6 Å². The van der Waals surface area contributed by atoms with Crippen molar-refractivity contribution in [3.63, 3.8) is 0 Å². The fourth-order valence-electron chi connectivity index (χ4n) is 2.92. The van der Waals surface area contributed by atoms with Gasteiger partial charge in [-0.15, -0.1) is 11.6 Å². The third kappa shape index (κ3) is 2.68. The molecule has 1 atom stereocenters. The van der Waals surface area contributed by atoms with Crippen molar-refractivity contribution in [2.45, 2.75) is 18.8 Å². The Balaban J connectivity index is 1.87. The van der Waals surface area contributed by atoms with Gasteiger partial charge in [-0.1, -0.05) is 12.1 Å². The highest BCUT2D eigenvalue weighted by Crippen LogP contribution is 2.23. The van der Waals surface area contributed by atoms with Gasteiger partial charge in [0.05, 0.1) is 30.1 Å². The minimum atomic E-state index is 0.356. The van der Waals surface area contributed by atoms with Gasteiger partial charge < -0.3 is 9.30 Å². The molecule has 1 aromatic carbocycles. The Bertz CT molecular complexity index is 578. The van der Waals surface area contributed by atoms with Crippen LogP contribution in [0.3, 0.4) is 0 Å². The molecule has 108 valence electrons. The fourth-order valence-corrected chi connectivity index (χ4v) is 3.11. The molecule has 3 rings (SSSR count). The van der Waals surface area contributed by atoms with Gasteiger partial charge in [-0.25, -0.2) is 4.98 Å². The van der Waals surface area contributed by atoms with Crippen molar-refractivity contribution in [2.24, 2.45) is 0 Å². The topological polar surface area (TPSA) is 30.3 Å². The number of para-hydroxylation sites is 2. The predicted octanol–water partition coefficient (Wildman–Crippen LogP) is 2.67. The summed E-state index contributed by atoms with van der Waals surface area (Å²) in [7, 11) is 0. The minimum absolute atomic E-state index is 0.356. The van der Waals surface area contributed by atoms with E-state index in [9.17, 15) is 0 Å². The summed E-state index contributed by atoms with van der Waals surface area (Å²) in [5.41, 5.74) is 2.20. The minimum Gasteiger partial charge on any atom is -0.379 e. The van der Waals surface area contributed by atoms with E-state index in [-0.39, 0.29) is 0 Å². The molecule has 1 saturated heterocycles. The predicted molar refractivity (Wildman–Crippen MR) is 81.3 cm³/mol. The van der Waals surface area contributed by atoms with E-state index < -0.39 is 0 Å². The lowest BCUT2D eigenvalue weighted by atomic mass is 10.2. The van der Waals surface area contributed by atoms with E-state index in [1.54, 1.807) is 0 Å². The summed E-state index contributed by atoms with van der Waals surface area (Å²) in [5.74, 6) is 1.40. The monoisotopic (exact) mass is 293 g/mol. The van der Waals surface area contributed by atoms with Gasteiger partial charge in [0, 0.05) is 25.7 Å². The van der Waals surface area contributed by atoms with Crippen LogP contribution in [0.2, 0.25) is 0 Å². The first-order chi connectivity index (χ1) is 9.79. The van der Waals surface area contributed by atoms with E-state index in [1.807, 2.05) is 12.1 Å². The number of aromatic nitrogens is 2. The Morgan fingerprint density at radius 3 is 2.80 bits per heavy atom. The largest absolute Gasteiger partial charge is 0.379 e. The number of morpholine rings is 1. The van der Waals surface area contributed by atoms with E-state index in [1.165, 1.54) is 5.52 Å². The second kappa shape index (κ2) is 6.12. The summed E-state index contributed by atoms with van der Waals surface area (Å²) < 4.78 is 7.68. The number of nitrogens with zero attached hydrogens (tertiary/aromatic N) is 3. The Hall–Kier alpha value is -1.10. The zero-order valence-corrected chi connectivity index (χ0v) is 12.5. The van der Waals surface area contributed by atoms with E-state index in [0.717, 1.165) is 44.2 Å². The number of benzene rings is 1. The molecule has 4 nitrogen and oxygen atoms in total. The van der Waals surface area contributed by atoms with Crippen LogP contribution in [-0.4, -0.2) is 47.3 Å². The molecule has 5 heteroatoms. The van der Waals surface area contributed by atoms with Gasteiger partial charge in [-0.3, -0.25) is 4.90 Å². The molecular weight excluding hydrogens is 274 g/mol. The summed E-state index contributed by atoms with van der Waals surface area (Å²) in [6.45, 7) is 6.92. The lowest BCUT2D eigenvalue weighted by Crippen LogP contribution is -2.39. The van der Waals surface area contributed by atoms with Crippen LogP contribution in [0.1, 0.15) is 18.8 Å². The lowest BCUT2D eigenvalue weighted by molar-refractivity contribution is 0.0326. The number of ether oxygens (including phenoxy) is 1. The van der Waals surface area contributed by atoms with Crippen LogP contribution in [-0.2, 0) is 10.6 Å². The van der Waals surface area contributed by atoms with Crippen LogP contribution in [0, 0.1) is 0 Å². The highest BCUT2D eigenvalue weighted by molar-refractivity contribution is 6.16. The quantitative estimate of drug-likeness (QED) is 0.812. The van der Waals surface area contributed by atoms with Gasteiger partial charge in [0.1, 0.15) is 5.82 Å². The summed E-state index contributed by atoms with van der Waals surface area (Å²) in [5, 5.41) is 0. The van der Waals surface area contributed by atoms with Gasteiger partial charge in [-0.05, 0) is 19.1 Å². The summed E-state index contributed by atoms with van der Waals surface area (Å²) in [4.78, 5) is 7.08. The maximum absolute atomic E-state index is 6.07. The van der Waals surface area contributed by atoms with Crippen molar-refractivity contribution in [2.75, 3.05) is 32.8 Å². The molecule has 0 saturated carbocycles. The second-order valence-corrected chi connectivity index (χ2v) is 5.55. The number of halogens is 1. The van der Waals surface area contributed by atoms with Crippen molar-refractivity contribution in [1.29, 1.82) is 0 Å². The zero-order valence-electron chi connectivity index (χ0n) is 11.8. The van der Waals surface area contributed by atoms with Crippen LogP contribution in [0.25, 0.3) is 11.0 Å². The number of hydrogen-bond acceptors (Lipinski definition) is 3. The molecule has 20 heavy (non-hydrogen) atoms. The molecule has 1 aromatic heterocycles. The fraction of sp³-hybridized carbons (Fsp3) is 0.533. The Morgan fingerprint density at radius 1 is 1.30 bits per heavy atom. The first-order valence-electron chi connectivity index (χ1n) is 7.11. The van der Waals surface area contributed by atoms with Crippen molar-refractivity contribution in [3.05, 3.63) is 30.1 Å². The van der Waals surface area contributed by atoms with Gasteiger partial charge in [0.2, 0.25) is 0 Å². The normalized spacial score (nSPS) is 18.5. The van der Waals surface area contributed by atoms with Crippen LogP contribution in [0.15, 0.2) is 24.3 Å². The Labute approximate surface area is 124 Å². The molecule has 2 aromatic rings. The van der Waals surface area contributed by atoms with E-state index in [0.29, 0.717) is 11.9 Å². The Morgan fingerprint density at radius 2 is 2.05 bits per heavy atom. The first-order valence-corrected chi connectivity index (χ1v) is 7.65. The number of fused-ring (bicyclic) bond motifs is 1. The average molecular weight is 294 g/mol. The van der Waals surface area contributed by atoms with E-state index in [2.05, 4.69) is 33.5 Å². The summed E-state index contributed by atoms with van der Waals surface area (Å²) in [6.07, 6.45) is 0. The standard InChI is InChI=1S/C15H20ClN3O/c1-12(11-18-6-8-20-9-7-18)19-14-5-3-2-4-13(14)17-15(19)10-16/h2-5,12H,6-11H2,1H3. The van der Waals surface area contributed by atoms with Crippen molar-refractivity contribution < 1.29 is 4.74 Å². The summed E-state index contributed by atoms with van der Waals surface area (Å²) >= 11 is 6.07. The third-order valence-electron chi connectivity index (χ3n) is 3.86. The maximum atomic E-state index is 6.07. The highest BCUT2D eigenvalue weighted by Gasteiger charge is 2.19. The summed E-state index contributed by atoms with van der Waals surface area (Å²) in [6, 6.07) is 8.59. The lowest BCUT2D eigenvalue weighted by Gasteiger charge is -2.30. The highest BCUT2D eigenvalue weighted by atomic mass is 35.5. The molecular formula is C15H20ClN3O. The van der Waals surface area contributed by atoms with Crippen molar-refractivity contribution >= 4 is 22.6 Å². The third-order valence-corrected chi connectivity index (χ3v) is 4.09. The van der Waals surface area contributed by atoms with Gasteiger partial charge in [0.15, 0.2) is 0 Å². The molecule has 1 aliphatic rings. The number of alkyl halides is 1. The van der Waals surface area contributed by atoms with Crippen LogP contribution in [0.4, 0.5) is 0 Å². The molecule has 1 aliphatic heterocycles. The van der Waals surface area contributed by atoms with E-state index >= 15 is 0 Å². The zero-order chi connectivity index (χ0) is 13.9. The van der Waals surface area contributed by atoms with Gasteiger partial charge in [0.25, 0.3) is 0 Å². The van der Waals surface area contributed by atoms with Gasteiger partial charge >= 0.3 is 0 Å². The van der Waals surface area contributed by atoms with E-state index in [4.69, 9.17) is 16.3 Å². The second-order valence-electron chi connectivity index (χ2n) is 5.28. The SMILES string of the molecule is CC(CN1CCOCC1)n1c(CCl)nc2ccccc21. The van der Waals surface area contributed by atoms with Crippen molar-refractivity contribution in [1.82, 2.24) is 14.5 Å². The first kappa shape index (κ1) is 13.9. The van der Waals surface area contributed by atoms with Gasteiger partial charge in [-0.2, -0.15) is 0 Å². The molecule has 0 N–H and O–H groups in total. The maximum Gasteiger partial charge on any atom is 0.125 e. The molecule has 1 fully saturated rings. The molecule has 0 bridgehead atoms. The number of rotatable bonds is 4. The number of imidazole rings is 1. The molecule has 1 unspecified atom stereocenters. The molecule has 2 heterocycles. The molecule has 0 aliphatic carbocycles. The molecule has 0 amide bonds. The Kier molecular flexibility index (Phi) is 4.24. The average Bonchev–Trinajstić information content (AvgIpc) is 2.86. The van der Waals surface area contributed by atoms with Crippen molar-refractivity contribution in [3.8, 4) is 0 Å². The molecule has 0 spiro atoms. The van der Waals surface area contributed by atoms with Crippen LogP contribution < -0.4 is 0 Å². The number of hydrogen-bond donors (Lipinski definition) is 0. The molecule has 0 radical (unpaired) electrons. The van der Waals surface area contributed by atoms with Crippen LogP contribution in [0.5, 0.6) is 0 Å². The smallest absolute Gasteiger partial charge is 0.125 e.